The standard InChI is InChI=1S/C9H4Br2ClN/c10-9(11)8(5-13)6-2-1-3-7(12)4-6/h1-4H. The lowest BCUT2D eigenvalue weighted by Gasteiger charge is -1.99. The lowest BCUT2D eigenvalue weighted by atomic mass is 10.1. The van der Waals surface area contributed by atoms with Crippen molar-refractivity contribution < 1.29 is 0 Å². The Morgan fingerprint density at radius 1 is 1.38 bits per heavy atom. The number of hydrogen-bond acceptors (Lipinski definition) is 1. The van der Waals surface area contributed by atoms with Crippen LogP contribution in [0.2, 0.25) is 5.02 Å². The van der Waals surface area contributed by atoms with Crippen molar-refractivity contribution in [1.29, 1.82) is 5.26 Å². The third-order valence-corrected chi connectivity index (χ3v) is 2.44. The fourth-order valence-electron chi connectivity index (χ4n) is 0.860. The van der Waals surface area contributed by atoms with Crippen LogP contribution in [0.4, 0.5) is 0 Å². The van der Waals surface area contributed by atoms with Gasteiger partial charge in [0.25, 0.3) is 0 Å². The number of benzene rings is 1. The molecule has 1 rings (SSSR count). The quantitative estimate of drug-likeness (QED) is 0.707. The van der Waals surface area contributed by atoms with Crippen molar-refractivity contribution in [2.75, 3.05) is 0 Å². The maximum absolute atomic E-state index is 8.83. The van der Waals surface area contributed by atoms with Gasteiger partial charge in [-0.1, -0.05) is 23.7 Å². The summed E-state index contributed by atoms with van der Waals surface area (Å²) in [6.07, 6.45) is 0. The van der Waals surface area contributed by atoms with Crippen molar-refractivity contribution in [3.63, 3.8) is 0 Å². The summed E-state index contributed by atoms with van der Waals surface area (Å²) >= 11 is 12.2. The second-order valence-electron chi connectivity index (χ2n) is 2.26. The van der Waals surface area contributed by atoms with Crippen molar-refractivity contribution in [2.24, 2.45) is 0 Å². The third-order valence-electron chi connectivity index (χ3n) is 1.41. The number of nitrogens with zero attached hydrogens (tertiary/aromatic N) is 1. The molecule has 0 atom stereocenters. The topological polar surface area (TPSA) is 23.8 Å². The average molecular weight is 321 g/mol. The van der Waals surface area contributed by atoms with Crippen molar-refractivity contribution in [3.05, 3.63) is 38.2 Å². The highest BCUT2D eigenvalue weighted by Gasteiger charge is 2.04. The molecule has 0 heterocycles. The predicted octanol–water partition coefficient (Wildman–Crippen LogP) is 4.32. The molecule has 4 heteroatoms. The smallest absolute Gasteiger partial charge is 0.102 e. The number of rotatable bonds is 1. The number of hydrogen-bond donors (Lipinski definition) is 0. The van der Waals surface area contributed by atoms with E-state index in [1.807, 2.05) is 6.07 Å². The second-order valence-corrected chi connectivity index (χ2v) is 5.34. The summed E-state index contributed by atoms with van der Waals surface area (Å²) in [5.41, 5.74) is 1.32. The van der Waals surface area contributed by atoms with E-state index < -0.39 is 0 Å². The highest BCUT2D eigenvalue weighted by molar-refractivity contribution is 9.28. The Labute approximate surface area is 98.3 Å². The molecular formula is C9H4Br2ClN. The zero-order valence-corrected chi connectivity index (χ0v) is 10.3. The van der Waals surface area contributed by atoms with Gasteiger partial charge in [0.1, 0.15) is 6.07 Å². The first-order valence-corrected chi connectivity index (χ1v) is 5.33. The van der Waals surface area contributed by atoms with Gasteiger partial charge in [0.15, 0.2) is 0 Å². The van der Waals surface area contributed by atoms with Crippen LogP contribution in [0.15, 0.2) is 27.7 Å². The van der Waals surface area contributed by atoms with Gasteiger partial charge in [-0.15, -0.1) is 0 Å². The minimum Gasteiger partial charge on any atom is -0.192 e. The molecule has 0 saturated carbocycles. The Morgan fingerprint density at radius 3 is 2.54 bits per heavy atom. The Balaban J connectivity index is 3.24. The van der Waals surface area contributed by atoms with E-state index in [4.69, 9.17) is 16.9 Å². The van der Waals surface area contributed by atoms with Crippen molar-refractivity contribution in [2.45, 2.75) is 0 Å². The number of nitriles is 1. The van der Waals surface area contributed by atoms with Crippen molar-refractivity contribution in [1.82, 2.24) is 0 Å². The van der Waals surface area contributed by atoms with Crippen LogP contribution in [0.3, 0.4) is 0 Å². The van der Waals surface area contributed by atoms with Crippen molar-refractivity contribution >= 4 is 49.0 Å². The fourth-order valence-corrected chi connectivity index (χ4v) is 1.69. The van der Waals surface area contributed by atoms with Gasteiger partial charge in [0.2, 0.25) is 0 Å². The largest absolute Gasteiger partial charge is 0.192 e. The normalized spacial score (nSPS) is 9.08. The summed E-state index contributed by atoms with van der Waals surface area (Å²) in [5, 5.41) is 9.45. The van der Waals surface area contributed by atoms with Gasteiger partial charge in [-0.3, -0.25) is 0 Å². The first-order chi connectivity index (χ1) is 6.15. The van der Waals surface area contributed by atoms with E-state index in [9.17, 15) is 0 Å². The molecule has 0 saturated heterocycles. The Kier molecular flexibility index (Phi) is 3.98. The highest BCUT2D eigenvalue weighted by atomic mass is 79.9. The molecule has 0 aromatic heterocycles. The second kappa shape index (κ2) is 4.80. The van der Waals surface area contributed by atoms with Gasteiger partial charge in [0, 0.05) is 5.02 Å². The first kappa shape index (κ1) is 10.8. The molecule has 0 amide bonds. The summed E-state index contributed by atoms with van der Waals surface area (Å²) in [7, 11) is 0. The highest BCUT2D eigenvalue weighted by Crippen LogP contribution is 2.27. The van der Waals surface area contributed by atoms with Gasteiger partial charge < -0.3 is 0 Å². The first-order valence-electron chi connectivity index (χ1n) is 3.36. The summed E-state index contributed by atoms with van der Waals surface area (Å²) in [6, 6.07) is 9.21. The maximum Gasteiger partial charge on any atom is 0.102 e. The molecular weight excluding hydrogens is 317 g/mol. The molecule has 1 nitrogen and oxygen atoms in total. The molecule has 0 bridgehead atoms. The van der Waals surface area contributed by atoms with Crippen LogP contribution in [0.1, 0.15) is 5.56 Å². The summed E-state index contributed by atoms with van der Waals surface area (Å²) < 4.78 is 0.629. The van der Waals surface area contributed by atoms with Crippen LogP contribution in [0, 0.1) is 11.3 Å². The zero-order valence-electron chi connectivity index (χ0n) is 6.39. The predicted molar refractivity (Wildman–Crippen MR) is 61.8 cm³/mol. The van der Waals surface area contributed by atoms with E-state index in [0.717, 1.165) is 5.56 Å². The van der Waals surface area contributed by atoms with E-state index in [2.05, 4.69) is 37.9 Å². The Morgan fingerprint density at radius 2 is 2.08 bits per heavy atom. The third kappa shape index (κ3) is 2.84. The molecule has 0 aliphatic carbocycles. The minimum absolute atomic E-state index is 0.530. The van der Waals surface area contributed by atoms with Crippen molar-refractivity contribution in [3.8, 4) is 6.07 Å². The molecule has 0 spiro atoms. The van der Waals surface area contributed by atoms with Crippen LogP contribution in [-0.4, -0.2) is 0 Å². The van der Waals surface area contributed by atoms with Crippen LogP contribution >= 0.6 is 43.5 Å². The van der Waals surface area contributed by atoms with Crippen LogP contribution in [-0.2, 0) is 0 Å². The van der Waals surface area contributed by atoms with Gasteiger partial charge >= 0.3 is 0 Å². The van der Waals surface area contributed by atoms with E-state index in [-0.39, 0.29) is 0 Å². The fraction of sp³-hybridized carbons (Fsp3) is 0. The minimum atomic E-state index is 0.530. The lowest BCUT2D eigenvalue weighted by Crippen LogP contribution is -1.80. The monoisotopic (exact) mass is 319 g/mol. The van der Waals surface area contributed by atoms with Gasteiger partial charge in [0.05, 0.1) is 8.96 Å². The lowest BCUT2D eigenvalue weighted by molar-refractivity contribution is 1.52. The molecule has 0 aliphatic heterocycles. The summed E-state index contributed by atoms with van der Waals surface area (Å²) in [5.74, 6) is 0. The molecule has 0 radical (unpaired) electrons. The van der Waals surface area contributed by atoms with E-state index in [0.29, 0.717) is 14.0 Å². The maximum atomic E-state index is 8.83. The zero-order chi connectivity index (χ0) is 9.84. The van der Waals surface area contributed by atoms with Crippen LogP contribution in [0.5, 0.6) is 0 Å². The van der Waals surface area contributed by atoms with Crippen LogP contribution in [0.25, 0.3) is 5.57 Å². The summed E-state index contributed by atoms with van der Waals surface area (Å²) in [6.45, 7) is 0. The molecule has 13 heavy (non-hydrogen) atoms. The van der Waals surface area contributed by atoms with Gasteiger partial charge in [-0.05, 0) is 49.6 Å². The number of allylic oxidation sites excluding steroid dienone is 1. The van der Waals surface area contributed by atoms with Gasteiger partial charge in [-0.25, -0.2) is 0 Å². The van der Waals surface area contributed by atoms with E-state index in [1.54, 1.807) is 18.2 Å². The Hall–Kier alpha value is -0.300. The Bertz CT molecular complexity index is 389. The van der Waals surface area contributed by atoms with Gasteiger partial charge in [-0.2, -0.15) is 5.26 Å². The molecule has 1 aromatic carbocycles. The molecule has 1 aromatic rings. The summed E-state index contributed by atoms with van der Waals surface area (Å²) in [4.78, 5) is 0. The number of halogens is 3. The molecule has 66 valence electrons. The van der Waals surface area contributed by atoms with E-state index in [1.165, 1.54) is 0 Å². The molecule has 0 N–H and O–H groups in total. The molecule has 0 unspecified atom stereocenters. The average Bonchev–Trinajstić information content (AvgIpc) is 2.04. The molecule has 0 fully saturated rings. The van der Waals surface area contributed by atoms with E-state index >= 15 is 0 Å². The molecule has 0 aliphatic rings. The SMILES string of the molecule is N#CC(=C(Br)Br)c1cccc(Cl)c1. The van der Waals surface area contributed by atoms with Crippen LogP contribution < -0.4 is 0 Å².